The molecule has 0 aromatic rings. The molecule has 0 aromatic heterocycles. The summed E-state index contributed by atoms with van der Waals surface area (Å²) in [5, 5.41) is 17.8. The molecule has 0 saturated heterocycles. The molecular formula is C5H10N6. The third-order valence-electron chi connectivity index (χ3n) is 1.75. The summed E-state index contributed by atoms with van der Waals surface area (Å²) in [6.07, 6.45) is 0.515. The largest absolute Gasteiger partial charge is 0.385 e. The van der Waals surface area contributed by atoms with Crippen LogP contribution in [0.1, 0.15) is 13.3 Å². The lowest BCUT2D eigenvalue weighted by atomic mass is 9.95. The van der Waals surface area contributed by atoms with Gasteiger partial charge >= 0.3 is 0 Å². The van der Waals surface area contributed by atoms with Crippen LogP contribution in [0, 0.1) is 5.41 Å². The van der Waals surface area contributed by atoms with E-state index in [1.807, 2.05) is 6.92 Å². The van der Waals surface area contributed by atoms with E-state index in [1.54, 1.807) is 0 Å². The fourth-order valence-electron chi connectivity index (χ4n) is 0.915. The highest BCUT2D eigenvalue weighted by molar-refractivity contribution is 6.12. The van der Waals surface area contributed by atoms with Gasteiger partial charge in [0.15, 0.2) is 11.4 Å². The molecule has 1 aliphatic rings. The van der Waals surface area contributed by atoms with E-state index in [0.29, 0.717) is 6.42 Å². The van der Waals surface area contributed by atoms with Crippen molar-refractivity contribution in [3.63, 3.8) is 0 Å². The first-order chi connectivity index (χ1) is 5.13. The van der Waals surface area contributed by atoms with Crippen molar-refractivity contribution in [1.29, 1.82) is 5.41 Å². The highest BCUT2D eigenvalue weighted by Crippen LogP contribution is 2.21. The van der Waals surface area contributed by atoms with Gasteiger partial charge in [-0.3, -0.25) is 5.41 Å². The Morgan fingerprint density at radius 2 is 2.36 bits per heavy atom. The van der Waals surface area contributed by atoms with E-state index < -0.39 is 5.54 Å². The average molecular weight is 154 g/mol. The predicted octanol–water partition coefficient (Wildman–Crippen LogP) is -0.191. The highest BCUT2D eigenvalue weighted by Gasteiger charge is 2.39. The Hall–Kier alpha value is -1.46. The van der Waals surface area contributed by atoms with E-state index in [4.69, 9.17) is 16.9 Å². The second-order valence-electron chi connectivity index (χ2n) is 2.30. The SMILES string of the molecule is CCC1(C(=N)N)N=NN=C1N. The summed E-state index contributed by atoms with van der Waals surface area (Å²) in [6.45, 7) is 1.83. The van der Waals surface area contributed by atoms with Crippen LogP contribution in [0.3, 0.4) is 0 Å². The van der Waals surface area contributed by atoms with Gasteiger partial charge in [-0.15, -0.1) is 10.2 Å². The van der Waals surface area contributed by atoms with Gasteiger partial charge in [-0.1, -0.05) is 6.92 Å². The fraction of sp³-hybridized carbons (Fsp3) is 0.600. The van der Waals surface area contributed by atoms with Crippen LogP contribution < -0.4 is 11.5 Å². The van der Waals surface area contributed by atoms with Crippen molar-refractivity contribution in [3.05, 3.63) is 0 Å². The third-order valence-corrected chi connectivity index (χ3v) is 1.75. The first-order valence-corrected chi connectivity index (χ1v) is 3.24. The number of nitrogens with one attached hydrogen (secondary N) is 1. The van der Waals surface area contributed by atoms with Crippen LogP contribution in [0.25, 0.3) is 0 Å². The molecule has 5 N–H and O–H groups in total. The maximum absolute atomic E-state index is 7.23. The summed E-state index contributed by atoms with van der Waals surface area (Å²) >= 11 is 0. The molecule has 11 heavy (non-hydrogen) atoms. The van der Waals surface area contributed by atoms with Crippen molar-refractivity contribution in [2.24, 2.45) is 26.9 Å². The summed E-state index contributed by atoms with van der Waals surface area (Å²) in [6, 6.07) is 0. The smallest absolute Gasteiger partial charge is 0.198 e. The van der Waals surface area contributed by atoms with Crippen LogP contribution in [0.2, 0.25) is 0 Å². The molecule has 1 rings (SSSR count). The van der Waals surface area contributed by atoms with Gasteiger partial charge in [0.1, 0.15) is 5.84 Å². The van der Waals surface area contributed by atoms with Crippen LogP contribution in [0.5, 0.6) is 0 Å². The Labute approximate surface area is 63.9 Å². The van der Waals surface area contributed by atoms with Gasteiger partial charge in [-0.25, -0.2) is 0 Å². The molecule has 0 saturated carbocycles. The van der Waals surface area contributed by atoms with E-state index in [9.17, 15) is 0 Å². The van der Waals surface area contributed by atoms with Crippen molar-refractivity contribution < 1.29 is 0 Å². The molecule has 6 heteroatoms. The average Bonchev–Trinajstić information content (AvgIpc) is 2.32. The molecule has 0 aliphatic carbocycles. The van der Waals surface area contributed by atoms with Gasteiger partial charge in [0, 0.05) is 0 Å². The molecule has 60 valence electrons. The highest BCUT2D eigenvalue weighted by atomic mass is 15.5. The van der Waals surface area contributed by atoms with Crippen LogP contribution in [-0.2, 0) is 0 Å². The van der Waals surface area contributed by atoms with Crippen molar-refractivity contribution in [2.75, 3.05) is 0 Å². The topological polar surface area (TPSA) is 113 Å². The maximum atomic E-state index is 7.23. The Balaban J connectivity index is 3.03. The minimum atomic E-state index is -0.958. The second-order valence-corrected chi connectivity index (χ2v) is 2.30. The standard InChI is InChI=1S/C5H10N6/c1-2-5(3(6)7)4(8)9-11-10-5/h2H2,1H3,(H3,6,7)(H2,8,9,10). The van der Waals surface area contributed by atoms with Gasteiger partial charge < -0.3 is 11.5 Å². The Morgan fingerprint density at radius 1 is 1.73 bits per heavy atom. The Morgan fingerprint density at radius 3 is 2.55 bits per heavy atom. The first-order valence-electron chi connectivity index (χ1n) is 3.24. The maximum Gasteiger partial charge on any atom is 0.198 e. The zero-order chi connectivity index (χ0) is 8.48. The molecule has 0 spiro atoms. The lowest BCUT2D eigenvalue weighted by Gasteiger charge is -2.19. The van der Waals surface area contributed by atoms with Crippen LogP contribution in [0.4, 0.5) is 0 Å². The molecule has 6 nitrogen and oxygen atoms in total. The Bertz CT molecular complexity index is 241. The normalized spacial score (nSPS) is 28.6. The van der Waals surface area contributed by atoms with E-state index in [-0.39, 0.29) is 11.7 Å². The van der Waals surface area contributed by atoms with Gasteiger partial charge in [0.2, 0.25) is 0 Å². The quantitative estimate of drug-likeness (QED) is 0.378. The number of rotatable bonds is 2. The van der Waals surface area contributed by atoms with Crippen molar-refractivity contribution in [2.45, 2.75) is 18.9 Å². The molecule has 1 unspecified atom stereocenters. The number of amidine groups is 2. The predicted molar refractivity (Wildman–Crippen MR) is 41.4 cm³/mol. The molecule has 0 aromatic carbocycles. The summed E-state index contributed by atoms with van der Waals surface area (Å²) in [7, 11) is 0. The van der Waals surface area contributed by atoms with Gasteiger partial charge in [-0.05, 0) is 11.6 Å². The first kappa shape index (κ1) is 7.64. The number of nitrogens with zero attached hydrogens (tertiary/aromatic N) is 3. The molecule has 0 bridgehead atoms. The molecule has 0 amide bonds. The minimum absolute atomic E-state index is 0.109. The zero-order valence-corrected chi connectivity index (χ0v) is 6.20. The third kappa shape index (κ3) is 0.866. The van der Waals surface area contributed by atoms with Crippen molar-refractivity contribution in [3.8, 4) is 0 Å². The molecule has 0 radical (unpaired) electrons. The monoisotopic (exact) mass is 154 g/mol. The lowest BCUT2D eigenvalue weighted by Crippen LogP contribution is -2.50. The van der Waals surface area contributed by atoms with E-state index in [1.165, 1.54) is 0 Å². The van der Waals surface area contributed by atoms with Gasteiger partial charge in [0.05, 0.1) is 0 Å². The van der Waals surface area contributed by atoms with Crippen molar-refractivity contribution in [1.82, 2.24) is 0 Å². The summed E-state index contributed by atoms with van der Waals surface area (Å²) in [5.41, 5.74) is 9.81. The molecule has 1 atom stereocenters. The van der Waals surface area contributed by atoms with E-state index in [2.05, 4.69) is 15.4 Å². The van der Waals surface area contributed by atoms with Crippen molar-refractivity contribution >= 4 is 11.7 Å². The lowest BCUT2D eigenvalue weighted by molar-refractivity contribution is 0.679. The Kier molecular flexibility index (Phi) is 1.60. The molecular weight excluding hydrogens is 144 g/mol. The molecule has 1 heterocycles. The summed E-state index contributed by atoms with van der Waals surface area (Å²) in [5.74, 6) is 0.0926. The second kappa shape index (κ2) is 2.30. The number of hydrogen-bond donors (Lipinski definition) is 3. The summed E-state index contributed by atoms with van der Waals surface area (Å²) in [4.78, 5) is 0. The van der Waals surface area contributed by atoms with Crippen LogP contribution in [0.15, 0.2) is 15.4 Å². The summed E-state index contributed by atoms with van der Waals surface area (Å²) < 4.78 is 0. The number of hydrogen-bond acceptors (Lipinski definition) is 5. The number of nitrogens with two attached hydrogens (primary N) is 2. The van der Waals surface area contributed by atoms with E-state index >= 15 is 0 Å². The zero-order valence-electron chi connectivity index (χ0n) is 6.20. The van der Waals surface area contributed by atoms with Crippen LogP contribution >= 0.6 is 0 Å². The molecule has 0 fully saturated rings. The van der Waals surface area contributed by atoms with E-state index in [0.717, 1.165) is 0 Å². The molecule has 1 aliphatic heterocycles. The minimum Gasteiger partial charge on any atom is -0.385 e. The van der Waals surface area contributed by atoms with Gasteiger partial charge in [0.25, 0.3) is 0 Å². The fourth-order valence-corrected chi connectivity index (χ4v) is 0.915. The van der Waals surface area contributed by atoms with Crippen LogP contribution in [-0.4, -0.2) is 17.2 Å². The van der Waals surface area contributed by atoms with Gasteiger partial charge in [-0.2, -0.15) is 0 Å².